The third-order valence-electron chi connectivity index (χ3n) is 1.35. The fraction of sp³-hybridized carbons (Fsp3) is 0.750. The van der Waals surface area contributed by atoms with Crippen LogP contribution >= 0.6 is 0 Å². The van der Waals surface area contributed by atoms with Gasteiger partial charge in [0.1, 0.15) is 0 Å². The van der Waals surface area contributed by atoms with E-state index in [0.29, 0.717) is 5.84 Å². The van der Waals surface area contributed by atoms with E-state index in [1.54, 1.807) is 0 Å². The Morgan fingerprint density at radius 1 is 1.50 bits per heavy atom. The van der Waals surface area contributed by atoms with Gasteiger partial charge in [0.15, 0.2) is 0 Å². The molecule has 1 radical (unpaired) electrons. The summed E-state index contributed by atoms with van der Waals surface area (Å²) in [7, 11) is 0. The van der Waals surface area contributed by atoms with Crippen LogP contribution in [0.4, 0.5) is 0 Å². The second kappa shape index (κ2) is 6.59. The van der Waals surface area contributed by atoms with E-state index < -0.39 is 0 Å². The third kappa shape index (κ3) is 7.47. The zero-order chi connectivity index (χ0) is 7.82. The van der Waals surface area contributed by atoms with Gasteiger partial charge in [0.2, 0.25) is 0 Å². The number of nitrogens with one attached hydrogen (secondary N) is 1. The molecule has 0 aliphatic rings. The molecule has 0 amide bonds. The number of nitrogens with two attached hydrogens (primary N) is 1. The second-order valence-corrected chi connectivity index (χ2v) is 2.49. The van der Waals surface area contributed by atoms with E-state index in [0.717, 1.165) is 19.3 Å². The van der Waals surface area contributed by atoms with Gasteiger partial charge in [-0.15, -0.1) is 0 Å². The van der Waals surface area contributed by atoms with Crippen molar-refractivity contribution in [1.82, 2.24) is 0 Å². The Morgan fingerprint density at radius 2 is 2.20 bits per heavy atom. The molecule has 2 nitrogen and oxygen atoms in total. The fourth-order valence-electron chi connectivity index (χ4n) is 0.785. The lowest BCUT2D eigenvalue weighted by atomic mass is 10.1. The standard InChI is InChI=1S/C8H17N2/c1-2-3-4-5-6-7-8(9)10/h4H,2-3,5-7H2,1H3,(H3,9,10). The van der Waals surface area contributed by atoms with Crippen LogP contribution < -0.4 is 5.73 Å². The first-order valence-electron chi connectivity index (χ1n) is 3.92. The van der Waals surface area contributed by atoms with Crippen molar-refractivity contribution in [3.05, 3.63) is 6.42 Å². The number of unbranched alkanes of at least 4 members (excludes halogenated alkanes) is 4. The minimum atomic E-state index is 0.310. The average molecular weight is 141 g/mol. The molecule has 0 aliphatic heterocycles. The summed E-state index contributed by atoms with van der Waals surface area (Å²) in [6, 6.07) is 0. The maximum atomic E-state index is 6.94. The Bertz CT molecular complexity index is 89.3. The molecule has 59 valence electrons. The molecule has 0 heterocycles. The zero-order valence-corrected chi connectivity index (χ0v) is 6.69. The quantitative estimate of drug-likeness (QED) is 0.332. The van der Waals surface area contributed by atoms with Crippen molar-refractivity contribution in [2.45, 2.75) is 39.0 Å². The molecule has 0 spiro atoms. The third-order valence-corrected chi connectivity index (χ3v) is 1.35. The molecule has 0 rings (SSSR count). The lowest BCUT2D eigenvalue weighted by molar-refractivity contribution is 0.770. The van der Waals surface area contributed by atoms with Crippen LogP contribution in [0.25, 0.3) is 0 Å². The van der Waals surface area contributed by atoms with Crippen LogP contribution in [0.3, 0.4) is 0 Å². The molecule has 0 aliphatic carbocycles. The molecule has 10 heavy (non-hydrogen) atoms. The van der Waals surface area contributed by atoms with E-state index in [-0.39, 0.29) is 0 Å². The van der Waals surface area contributed by atoms with Crippen LogP contribution in [0.2, 0.25) is 0 Å². The molecular formula is C8H17N2. The smallest absolute Gasteiger partial charge is 0.0905 e. The van der Waals surface area contributed by atoms with Crippen molar-refractivity contribution < 1.29 is 0 Å². The van der Waals surface area contributed by atoms with Gasteiger partial charge in [0.05, 0.1) is 5.84 Å². The molecule has 0 atom stereocenters. The Morgan fingerprint density at radius 3 is 2.70 bits per heavy atom. The van der Waals surface area contributed by atoms with Crippen LogP contribution in [0, 0.1) is 11.8 Å². The Labute approximate surface area is 63.3 Å². The van der Waals surface area contributed by atoms with E-state index >= 15 is 0 Å². The topological polar surface area (TPSA) is 49.9 Å². The molecule has 2 heteroatoms. The predicted molar refractivity (Wildman–Crippen MR) is 45.0 cm³/mol. The van der Waals surface area contributed by atoms with Gasteiger partial charge in [-0.2, -0.15) is 0 Å². The van der Waals surface area contributed by atoms with Crippen LogP contribution in [0.5, 0.6) is 0 Å². The Balaban J connectivity index is 2.84. The Hall–Kier alpha value is -0.530. The van der Waals surface area contributed by atoms with Gasteiger partial charge >= 0.3 is 0 Å². The summed E-state index contributed by atoms with van der Waals surface area (Å²) in [4.78, 5) is 0. The summed E-state index contributed by atoms with van der Waals surface area (Å²) in [6.07, 6.45) is 7.57. The summed E-state index contributed by atoms with van der Waals surface area (Å²) in [5.41, 5.74) is 5.18. The van der Waals surface area contributed by atoms with Crippen LogP contribution in [0.1, 0.15) is 39.0 Å². The number of hydrogen-bond donors (Lipinski definition) is 2. The summed E-state index contributed by atoms with van der Waals surface area (Å²) in [5.74, 6) is 0.310. The molecule has 0 bridgehead atoms. The highest BCUT2D eigenvalue weighted by molar-refractivity contribution is 5.76. The average Bonchev–Trinajstić information content (AvgIpc) is 1.87. The van der Waals surface area contributed by atoms with Crippen LogP contribution in [0.15, 0.2) is 0 Å². The lowest BCUT2D eigenvalue weighted by Crippen LogP contribution is -2.08. The predicted octanol–water partition coefficient (Wildman–Crippen LogP) is 2.10. The summed E-state index contributed by atoms with van der Waals surface area (Å²) in [5, 5.41) is 6.94. The van der Waals surface area contributed by atoms with Crippen LogP contribution in [-0.2, 0) is 0 Å². The van der Waals surface area contributed by atoms with Gasteiger partial charge in [-0.05, 0) is 19.3 Å². The van der Waals surface area contributed by atoms with Crippen molar-refractivity contribution in [2.75, 3.05) is 0 Å². The minimum absolute atomic E-state index is 0.310. The van der Waals surface area contributed by atoms with E-state index in [2.05, 4.69) is 13.3 Å². The van der Waals surface area contributed by atoms with E-state index in [9.17, 15) is 0 Å². The van der Waals surface area contributed by atoms with Gasteiger partial charge in [-0.3, -0.25) is 5.41 Å². The molecule has 0 aromatic rings. The minimum Gasteiger partial charge on any atom is -0.388 e. The molecule has 3 N–H and O–H groups in total. The molecular weight excluding hydrogens is 124 g/mol. The van der Waals surface area contributed by atoms with Crippen molar-refractivity contribution in [2.24, 2.45) is 5.73 Å². The van der Waals surface area contributed by atoms with Gasteiger partial charge in [-0.1, -0.05) is 19.8 Å². The molecule has 0 aromatic carbocycles. The highest BCUT2D eigenvalue weighted by Crippen LogP contribution is 2.02. The Kier molecular flexibility index (Phi) is 6.24. The largest absolute Gasteiger partial charge is 0.388 e. The monoisotopic (exact) mass is 141 g/mol. The molecule has 0 saturated carbocycles. The van der Waals surface area contributed by atoms with E-state index in [1.807, 2.05) is 0 Å². The summed E-state index contributed by atoms with van der Waals surface area (Å²) < 4.78 is 0. The highest BCUT2D eigenvalue weighted by Gasteiger charge is 1.90. The van der Waals surface area contributed by atoms with E-state index in [1.165, 1.54) is 12.8 Å². The maximum Gasteiger partial charge on any atom is 0.0905 e. The molecule has 0 aromatic heterocycles. The maximum absolute atomic E-state index is 6.94. The number of amidine groups is 1. The highest BCUT2D eigenvalue weighted by atomic mass is 14.7. The van der Waals surface area contributed by atoms with Crippen molar-refractivity contribution in [1.29, 1.82) is 5.41 Å². The number of hydrogen-bond acceptors (Lipinski definition) is 1. The normalized spacial score (nSPS) is 9.70. The van der Waals surface area contributed by atoms with E-state index in [4.69, 9.17) is 11.1 Å². The van der Waals surface area contributed by atoms with Gasteiger partial charge < -0.3 is 5.73 Å². The van der Waals surface area contributed by atoms with Gasteiger partial charge in [0, 0.05) is 6.42 Å². The van der Waals surface area contributed by atoms with Crippen molar-refractivity contribution in [3.8, 4) is 0 Å². The van der Waals surface area contributed by atoms with Gasteiger partial charge in [0.25, 0.3) is 0 Å². The first-order chi connectivity index (χ1) is 4.77. The fourth-order valence-corrected chi connectivity index (χ4v) is 0.785. The van der Waals surface area contributed by atoms with Crippen LogP contribution in [-0.4, -0.2) is 5.84 Å². The summed E-state index contributed by atoms with van der Waals surface area (Å²) in [6.45, 7) is 2.17. The molecule has 0 fully saturated rings. The lowest BCUT2D eigenvalue weighted by Gasteiger charge is -1.97. The SMILES string of the molecule is CCC[CH]CCCC(=N)N. The molecule has 0 saturated heterocycles. The molecule has 0 unspecified atom stereocenters. The van der Waals surface area contributed by atoms with Crippen molar-refractivity contribution >= 4 is 5.84 Å². The number of rotatable bonds is 6. The first-order valence-corrected chi connectivity index (χ1v) is 3.92. The van der Waals surface area contributed by atoms with Crippen molar-refractivity contribution in [3.63, 3.8) is 0 Å². The summed E-state index contributed by atoms with van der Waals surface area (Å²) >= 11 is 0. The zero-order valence-electron chi connectivity index (χ0n) is 6.69. The van der Waals surface area contributed by atoms with Gasteiger partial charge in [-0.25, -0.2) is 0 Å². The second-order valence-electron chi connectivity index (χ2n) is 2.49. The first kappa shape index (κ1) is 9.47.